The number of anilines is 2. The molecule has 0 fully saturated rings. The highest BCUT2D eigenvalue weighted by Crippen LogP contribution is 2.41. The molecule has 4 heterocycles. The van der Waals surface area contributed by atoms with Gasteiger partial charge < -0.3 is 19.7 Å². The topological polar surface area (TPSA) is 93.9 Å². The number of thiophene rings is 1. The Morgan fingerprint density at radius 1 is 1.38 bits per heavy atom. The molecule has 5 rings (SSSR count). The molecule has 0 radical (unpaired) electrons. The highest BCUT2D eigenvalue weighted by molar-refractivity contribution is 7.19. The molecule has 1 aliphatic carbocycles. The van der Waals surface area contributed by atoms with Crippen molar-refractivity contribution < 1.29 is 14.3 Å². The molecule has 1 amide bonds. The summed E-state index contributed by atoms with van der Waals surface area (Å²) in [5.41, 5.74) is 3.01. The zero-order valence-electron chi connectivity index (χ0n) is 19.7. The Balaban J connectivity index is 1.44. The monoisotopic (exact) mass is 480 g/mol. The van der Waals surface area contributed by atoms with Crippen molar-refractivity contribution >= 4 is 44.5 Å². The largest absolute Gasteiger partial charge is 0.493 e. The summed E-state index contributed by atoms with van der Waals surface area (Å²) in [5, 5.41) is 8.77. The number of carbonyl (C=O) groups excluding carboxylic acids is 1. The van der Waals surface area contributed by atoms with E-state index in [9.17, 15) is 4.79 Å². The zero-order valence-corrected chi connectivity index (χ0v) is 20.6. The first-order chi connectivity index (χ1) is 16.5. The van der Waals surface area contributed by atoms with Crippen LogP contribution in [0.3, 0.4) is 0 Å². The van der Waals surface area contributed by atoms with Gasteiger partial charge in [-0.2, -0.15) is 5.10 Å². The second kappa shape index (κ2) is 9.19. The minimum absolute atomic E-state index is 0.0140. The molecule has 2 atom stereocenters. The van der Waals surface area contributed by atoms with E-state index < -0.39 is 0 Å². The van der Waals surface area contributed by atoms with E-state index in [2.05, 4.69) is 20.4 Å². The summed E-state index contributed by atoms with van der Waals surface area (Å²) < 4.78 is 12.7. The third-order valence-electron chi connectivity index (χ3n) is 6.48. The van der Waals surface area contributed by atoms with Crippen LogP contribution in [0.4, 0.5) is 11.5 Å². The normalized spacial score (nSPS) is 16.4. The molecule has 4 aromatic rings. The van der Waals surface area contributed by atoms with Crippen LogP contribution < -0.4 is 10.1 Å². The van der Waals surface area contributed by atoms with Crippen molar-refractivity contribution in [2.45, 2.75) is 32.3 Å². The van der Waals surface area contributed by atoms with E-state index >= 15 is 0 Å². The van der Waals surface area contributed by atoms with Gasteiger partial charge in [0.15, 0.2) is 5.75 Å². The molecule has 0 saturated carbocycles. The number of ether oxygens (including phenoxy) is 2. The van der Waals surface area contributed by atoms with E-state index in [1.54, 1.807) is 47.5 Å². The van der Waals surface area contributed by atoms with Gasteiger partial charge >= 0.3 is 0 Å². The van der Waals surface area contributed by atoms with Gasteiger partial charge in [-0.05, 0) is 43.9 Å². The van der Waals surface area contributed by atoms with Crippen molar-refractivity contribution in [3.8, 4) is 5.75 Å². The number of carbonyl (C=O) groups is 1. The SMILES string of the molecule is COc1cn2nccc2cc1Nc1ncnc2sc3c(c12)CC[C@H](C(=O)N(C)C[C@@H](C)OC)C3. The van der Waals surface area contributed by atoms with Gasteiger partial charge in [0.05, 0.1) is 36.0 Å². The number of hydrogen-bond acceptors (Lipinski definition) is 8. The van der Waals surface area contributed by atoms with E-state index in [1.165, 1.54) is 10.4 Å². The van der Waals surface area contributed by atoms with Gasteiger partial charge in [-0.25, -0.2) is 14.5 Å². The number of amides is 1. The molecule has 178 valence electrons. The molecule has 10 heteroatoms. The van der Waals surface area contributed by atoms with E-state index in [0.29, 0.717) is 12.3 Å². The summed E-state index contributed by atoms with van der Waals surface area (Å²) >= 11 is 1.66. The fourth-order valence-electron chi connectivity index (χ4n) is 4.61. The summed E-state index contributed by atoms with van der Waals surface area (Å²) in [6, 6.07) is 3.93. The lowest BCUT2D eigenvalue weighted by molar-refractivity contribution is -0.135. The number of nitrogens with zero attached hydrogens (tertiary/aromatic N) is 5. The first kappa shape index (κ1) is 22.5. The van der Waals surface area contributed by atoms with Crippen LogP contribution in [0.2, 0.25) is 0 Å². The van der Waals surface area contributed by atoms with Crippen molar-refractivity contribution in [2.24, 2.45) is 5.92 Å². The third kappa shape index (κ3) is 4.07. The fourth-order valence-corrected chi connectivity index (χ4v) is 5.88. The van der Waals surface area contributed by atoms with Crippen LogP contribution in [0.1, 0.15) is 23.8 Å². The van der Waals surface area contributed by atoms with E-state index in [4.69, 9.17) is 9.47 Å². The summed E-state index contributed by atoms with van der Waals surface area (Å²) in [6.07, 6.45) is 7.55. The molecule has 4 aromatic heterocycles. The number of aromatic nitrogens is 4. The predicted molar refractivity (Wildman–Crippen MR) is 132 cm³/mol. The Hall–Kier alpha value is -3.24. The molecular weight excluding hydrogens is 452 g/mol. The average molecular weight is 481 g/mol. The molecule has 0 aliphatic heterocycles. The minimum Gasteiger partial charge on any atom is -0.493 e. The number of fused-ring (bicyclic) bond motifs is 4. The first-order valence-corrected chi connectivity index (χ1v) is 12.1. The predicted octanol–water partition coefficient (Wildman–Crippen LogP) is 3.69. The molecule has 0 saturated heterocycles. The van der Waals surface area contributed by atoms with Crippen LogP contribution >= 0.6 is 11.3 Å². The van der Waals surface area contributed by atoms with E-state index in [-0.39, 0.29) is 17.9 Å². The van der Waals surface area contributed by atoms with E-state index in [1.807, 2.05) is 32.3 Å². The van der Waals surface area contributed by atoms with Crippen molar-refractivity contribution in [1.29, 1.82) is 0 Å². The third-order valence-corrected chi connectivity index (χ3v) is 7.64. The molecule has 0 bridgehead atoms. The number of pyridine rings is 1. The Kier molecular flexibility index (Phi) is 6.09. The number of likely N-dealkylation sites (N-methyl/N-ethyl adjacent to an activating group) is 1. The van der Waals surface area contributed by atoms with Crippen LogP contribution in [0, 0.1) is 5.92 Å². The lowest BCUT2D eigenvalue weighted by atomic mass is 9.87. The number of rotatable bonds is 7. The Labute approximate surface area is 201 Å². The van der Waals surface area contributed by atoms with Gasteiger partial charge in [-0.1, -0.05) is 0 Å². The van der Waals surface area contributed by atoms with Gasteiger partial charge in [0, 0.05) is 37.7 Å². The summed E-state index contributed by atoms with van der Waals surface area (Å²) in [4.78, 5) is 26.1. The minimum atomic E-state index is -0.0247. The van der Waals surface area contributed by atoms with Gasteiger partial charge in [0.25, 0.3) is 0 Å². The quantitative estimate of drug-likeness (QED) is 0.431. The summed E-state index contributed by atoms with van der Waals surface area (Å²) in [6.45, 7) is 2.57. The van der Waals surface area contributed by atoms with Crippen LogP contribution in [-0.2, 0) is 22.4 Å². The zero-order chi connectivity index (χ0) is 23.8. The number of nitrogens with one attached hydrogen (secondary N) is 1. The molecule has 1 N–H and O–H groups in total. The molecular formula is C24H28N6O3S. The molecule has 9 nitrogen and oxygen atoms in total. The van der Waals surface area contributed by atoms with Crippen LogP contribution in [0.5, 0.6) is 5.75 Å². The summed E-state index contributed by atoms with van der Waals surface area (Å²) in [7, 11) is 5.17. The second-order valence-electron chi connectivity index (χ2n) is 8.69. The Bertz CT molecular complexity index is 1350. The first-order valence-electron chi connectivity index (χ1n) is 11.3. The highest BCUT2D eigenvalue weighted by atomic mass is 32.1. The van der Waals surface area contributed by atoms with E-state index in [0.717, 1.165) is 46.5 Å². The smallest absolute Gasteiger partial charge is 0.225 e. The van der Waals surface area contributed by atoms with Gasteiger partial charge in [0.2, 0.25) is 5.91 Å². The van der Waals surface area contributed by atoms with Gasteiger partial charge in [0.1, 0.15) is 17.0 Å². The maximum absolute atomic E-state index is 13.1. The van der Waals surface area contributed by atoms with Gasteiger partial charge in [-0.15, -0.1) is 11.3 Å². The number of methoxy groups -OCH3 is 2. The van der Waals surface area contributed by atoms with Crippen molar-refractivity contribution in [3.63, 3.8) is 0 Å². The molecule has 0 spiro atoms. The van der Waals surface area contributed by atoms with Gasteiger partial charge in [-0.3, -0.25) is 4.79 Å². The average Bonchev–Trinajstić information content (AvgIpc) is 3.46. The highest BCUT2D eigenvalue weighted by Gasteiger charge is 2.31. The van der Waals surface area contributed by atoms with Crippen LogP contribution in [-0.4, -0.2) is 64.3 Å². The maximum atomic E-state index is 13.1. The Morgan fingerprint density at radius 3 is 3.03 bits per heavy atom. The van der Waals surface area contributed by atoms with Crippen molar-refractivity contribution in [3.05, 3.63) is 41.3 Å². The molecule has 0 aromatic carbocycles. The van der Waals surface area contributed by atoms with Crippen LogP contribution in [0.15, 0.2) is 30.9 Å². The maximum Gasteiger partial charge on any atom is 0.225 e. The molecule has 34 heavy (non-hydrogen) atoms. The Morgan fingerprint density at radius 2 is 2.24 bits per heavy atom. The second-order valence-corrected chi connectivity index (χ2v) is 9.78. The summed E-state index contributed by atoms with van der Waals surface area (Å²) in [5.74, 6) is 1.57. The standard InChI is InChI=1S/C24H28N6O3S/c1-14(32-3)11-29(2)24(31)15-5-6-17-20(9-15)34-23-21(17)22(25-13-26-23)28-18-10-16-7-8-27-30(16)12-19(18)33-4/h7-8,10,12-15H,5-6,9,11H2,1-4H3,(H,25,26,28)/t14-,15+/m1/s1. The lowest BCUT2D eigenvalue weighted by Crippen LogP contribution is -2.39. The van der Waals surface area contributed by atoms with Crippen molar-refractivity contribution in [2.75, 3.05) is 33.1 Å². The fraction of sp³-hybridized carbons (Fsp3) is 0.417. The lowest BCUT2D eigenvalue weighted by Gasteiger charge is -2.28. The number of aryl methyl sites for hydroxylation is 1. The molecule has 0 unspecified atom stereocenters. The van der Waals surface area contributed by atoms with Crippen LogP contribution in [0.25, 0.3) is 15.7 Å². The molecule has 1 aliphatic rings. The number of hydrogen-bond donors (Lipinski definition) is 1. The van der Waals surface area contributed by atoms with Crippen molar-refractivity contribution in [1.82, 2.24) is 24.5 Å².